The van der Waals surface area contributed by atoms with E-state index in [0.29, 0.717) is 37.9 Å². The predicted octanol–water partition coefficient (Wildman–Crippen LogP) is 2.87. The van der Waals surface area contributed by atoms with Crippen molar-refractivity contribution in [2.45, 2.75) is 32.2 Å². The summed E-state index contributed by atoms with van der Waals surface area (Å²) in [6, 6.07) is 16.9. The van der Waals surface area contributed by atoms with Crippen LogP contribution in [-0.4, -0.2) is 41.4 Å². The summed E-state index contributed by atoms with van der Waals surface area (Å²) in [5.41, 5.74) is 2.49. The summed E-state index contributed by atoms with van der Waals surface area (Å²) in [5.74, 6) is -1.05. The standard InChI is InChI=1S/C22H26N2O4/c1-23-22(28)19-10-5-9-17(15-19)12-13-20(25)24(14-6-11-21(26)27)16-18-7-3-2-4-8-18/h2-5,7-10,15H,6,11-14,16H2,1H3,(H,23,28)(H,26,27). The van der Waals surface area contributed by atoms with E-state index >= 15 is 0 Å². The molecule has 148 valence electrons. The van der Waals surface area contributed by atoms with Gasteiger partial charge in [-0.25, -0.2) is 0 Å². The molecule has 2 N–H and O–H groups in total. The second-order valence-electron chi connectivity index (χ2n) is 6.58. The number of rotatable bonds is 10. The average molecular weight is 382 g/mol. The molecule has 28 heavy (non-hydrogen) atoms. The van der Waals surface area contributed by atoms with Gasteiger partial charge in [0.15, 0.2) is 0 Å². The van der Waals surface area contributed by atoms with Gasteiger partial charge in [-0.15, -0.1) is 0 Å². The van der Waals surface area contributed by atoms with Crippen LogP contribution in [0.4, 0.5) is 0 Å². The fourth-order valence-electron chi connectivity index (χ4n) is 2.94. The molecule has 0 bridgehead atoms. The third kappa shape index (κ3) is 6.87. The van der Waals surface area contributed by atoms with E-state index in [9.17, 15) is 14.4 Å². The van der Waals surface area contributed by atoms with Gasteiger partial charge in [-0.2, -0.15) is 0 Å². The quantitative estimate of drug-likeness (QED) is 0.661. The molecule has 2 amide bonds. The number of hydrogen-bond donors (Lipinski definition) is 2. The zero-order valence-electron chi connectivity index (χ0n) is 16.1. The van der Waals surface area contributed by atoms with Crippen LogP contribution < -0.4 is 5.32 Å². The third-order valence-electron chi connectivity index (χ3n) is 4.43. The van der Waals surface area contributed by atoms with Crippen LogP contribution in [0.2, 0.25) is 0 Å². The fraction of sp³-hybridized carbons (Fsp3) is 0.318. The molecule has 0 heterocycles. The van der Waals surface area contributed by atoms with Gasteiger partial charge in [0.2, 0.25) is 5.91 Å². The highest BCUT2D eigenvalue weighted by atomic mass is 16.4. The molecule has 6 heteroatoms. The van der Waals surface area contributed by atoms with Gasteiger partial charge in [0.05, 0.1) is 0 Å². The van der Waals surface area contributed by atoms with Crippen molar-refractivity contribution in [2.24, 2.45) is 0 Å². The van der Waals surface area contributed by atoms with E-state index in [-0.39, 0.29) is 18.2 Å². The minimum Gasteiger partial charge on any atom is -0.481 e. The number of carboxylic acids is 1. The number of hydrogen-bond acceptors (Lipinski definition) is 3. The van der Waals surface area contributed by atoms with Crippen LogP contribution in [0, 0.1) is 0 Å². The summed E-state index contributed by atoms with van der Waals surface area (Å²) < 4.78 is 0. The minimum absolute atomic E-state index is 0.0282. The smallest absolute Gasteiger partial charge is 0.303 e. The number of nitrogens with zero attached hydrogens (tertiary/aromatic N) is 1. The van der Waals surface area contributed by atoms with Crippen molar-refractivity contribution in [3.8, 4) is 0 Å². The van der Waals surface area contributed by atoms with Crippen molar-refractivity contribution in [1.82, 2.24) is 10.2 Å². The molecule has 0 aliphatic rings. The van der Waals surface area contributed by atoms with E-state index in [1.54, 1.807) is 30.1 Å². The van der Waals surface area contributed by atoms with Gasteiger partial charge in [0.25, 0.3) is 5.91 Å². The number of nitrogens with one attached hydrogen (secondary N) is 1. The fourth-order valence-corrected chi connectivity index (χ4v) is 2.94. The molecule has 0 unspecified atom stereocenters. The minimum atomic E-state index is -0.863. The first-order valence-electron chi connectivity index (χ1n) is 9.34. The highest BCUT2D eigenvalue weighted by Gasteiger charge is 2.15. The first-order chi connectivity index (χ1) is 13.5. The molecule has 2 aromatic carbocycles. The Morgan fingerprint density at radius 3 is 2.36 bits per heavy atom. The van der Waals surface area contributed by atoms with Crippen molar-refractivity contribution in [2.75, 3.05) is 13.6 Å². The lowest BCUT2D eigenvalue weighted by molar-refractivity contribution is -0.138. The number of benzene rings is 2. The maximum atomic E-state index is 12.8. The van der Waals surface area contributed by atoms with Gasteiger partial charge in [0, 0.05) is 38.5 Å². The lowest BCUT2D eigenvalue weighted by atomic mass is 10.1. The van der Waals surface area contributed by atoms with Crippen LogP contribution in [0.1, 0.15) is 40.7 Å². The summed E-state index contributed by atoms with van der Waals surface area (Å²) in [4.78, 5) is 37.0. The van der Waals surface area contributed by atoms with Crippen molar-refractivity contribution >= 4 is 17.8 Å². The van der Waals surface area contributed by atoms with Gasteiger partial charge in [-0.1, -0.05) is 42.5 Å². The highest BCUT2D eigenvalue weighted by molar-refractivity contribution is 5.94. The van der Waals surface area contributed by atoms with Crippen LogP contribution in [0.15, 0.2) is 54.6 Å². The van der Waals surface area contributed by atoms with Crippen molar-refractivity contribution in [3.05, 3.63) is 71.3 Å². The molecule has 0 spiro atoms. The first kappa shape index (κ1) is 21.2. The third-order valence-corrected chi connectivity index (χ3v) is 4.43. The molecule has 0 aliphatic heterocycles. The van der Waals surface area contributed by atoms with Crippen LogP contribution in [0.25, 0.3) is 0 Å². The number of aryl methyl sites for hydroxylation is 1. The maximum Gasteiger partial charge on any atom is 0.303 e. The van der Waals surface area contributed by atoms with E-state index in [2.05, 4.69) is 5.32 Å². The highest BCUT2D eigenvalue weighted by Crippen LogP contribution is 2.12. The number of carbonyl (C=O) groups is 3. The van der Waals surface area contributed by atoms with E-state index in [1.165, 1.54) is 0 Å². The Bertz CT molecular complexity index is 805. The Morgan fingerprint density at radius 1 is 0.964 bits per heavy atom. The van der Waals surface area contributed by atoms with Crippen LogP contribution >= 0.6 is 0 Å². The van der Waals surface area contributed by atoms with Crippen molar-refractivity contribution in [1.29, 1.82) is 0 Å². The first-order valence-corrected chi connectivity index (χ1v) is 9.34. The predicted molar refractivity (Wildman–Crippen MR) is 107 cm³/mol. The monoisotopic (exact) mass is 382 g/mol. The molecule has 0 saturated carbocycles. The van der Waals surface area contributed by atoms with Gasteiger partial charge in [-0.05, 0) is 36.1 Å². The largest absolute Gasteiger partial charge is 0.481 e. The lowest BCUT2D eigenvalue weighted by Gasteiger charge is -2.23. The molecule has 6 nitrogen and oxygen atoms in total. The molecule has 0 aliphatic carbocycles. The molecule has 0 aromatic heterocycles. The summed E-state index contributed by atoms with van der Waals surface area (Å²) in [5, 5.41) is 11.5. The summed E-state index contributed by atoms with van der Waals surface area (Å²) >= 11 is 0. The Kier molecular flexibility index (Phi) is 8.21. The number of amides is 2. The van der Waals surface area contributed by atoms with Crippen LogP contribution in [-0.2, 0) is 22.6 Å². The molecule has 0 saturated heterocycles. The Balaban J connectivity index is 2.00. The number of carbonyl (C=O) groups excluding carboxylic acids is 2. The molecular formula is C22H26N2O4. The molecular weight excluding hydrogens is 356 g/mol. The lowest BCUT2D eigenvalue weighted by Crippen LogP contribution is -2.32. The SMILES string of the molecule is CNC(=O)c1cccc(CCC(=O)N(CCCC(=O)O)Cc2ccccc2)c1. The van der Waals surface area contributed by atoms with Crippen molar-refractivity contribution in [3.63, 3.8) is 0 Å². The van der Waals surface area contributed by atoms with Crippen LogP contribution in [0.3, 0.4) is 0 Å². The molecule has 2 rings (SSSR count). The van der Waals surface area contributed by atoms with Gasteiger partial charge >= 0.3 is 5.97 Å². The molecule has 0 fully saturated rings. The second-order valence-corrected chi connectivity index (χ2v) is 6.58. The van der Waals surface area contributed by atoms with Gasteiger partial charge < -0.3 is 15.3 Å². The van der Waals surface area contributed by atoms with Crippen molar-refractivity contribution < 1.29 is 19.5 Å². The molecule has 0 atom stereocenters. The topological polar surface area (TPSA) is 86.7 Å². The number of carboxylic acid groups (broad SMARTS) is 1. The molecule has 0 radical (unpaired) electrons. The average Bonchev–Trinajstić information content (AvgIpc) is 2.71. The summed E-state index contributed by atoms with van der Waals surface area (Å²) in [6.45, 7) is 0.857. The Hall–Kier alpha value is -3.15. The van der Waals surface area contributed by atoms with Crippen LogP contribution in [0.5, 0.6) is 0 Å². The zero-order chi connectivity index (χ0) is 20.4. The second kappa shape index (κ2) is 10.9. The molecule has 2 aromatic rings. The van der Waals surface area contributed by atoms with E-state index in [4.69, 9.17) is 5.11 Å². The van der Waals surface area contributed by atoms with E-state index in [0.717, 1.165) is 11.1 Å². The Morgan fingerprint density at radius 2 is 1.68 bits per heavy atom. The van der Waals surface area contributed by atoms with E-state index in [1.807, 2.05) is 36.4 Å². The zero-order valence-corrected chi connectivity index (χ0v) is 16.1. The van der Waals surface area contributed by atoms with E-state index < -0.39 is 5.97 Å². The normalized spacial score (nSPS) is 10.3. The number of aliphatic carboxylic acids is 1. The van der Waals surface area contributed by atoms with Gasteiger partial charge in [-0.3, -0.25) is 14.4 Å². The summed E-state index contributed by atoms with van der Waals surface area (Å²) in [6.07, 6.45) is 1.28. The Labute approximate surface area is 165 Å². The van der Waals surface area contributed by atoms with Gasteiger partial charge in [0.1, 0.15) is 0 Å². The summed E-state index contributed by atoms with van der Waals surface area (Å²) in [7, 11) is 1.58. The maximum absolute atomic E-state index is 12.8.